The topological polar surface area (TPSA) is 51.2 Å². The Bertz CT molecular complexity index is 801. The summed E-state index contributed by atoms with van der Waals surface area (Å²) in [6.07, 6.45) is 3.43. The first-order valence-electron chi connectivity index (χ1n) is 7.77. The molecule has 1 aromatic carbocycles. The number of pyridine rings is 1. The van der Waals surface area contributed by atoms with E-state index in [2.05, 4.69) is 10.3 Å². The van der Waals surface area contributed by atoms with E-state index in [1.54, 1.807) is 12.4 Å². The summed E-state index contributed by atoms with van der Waals surface area (Å²) in [4.78, 5) is 18.2. The molecule has 0 saturated carbocycles. The van der Waals surface area contributed by atoms with Gasteiger partial charge in [0, 0.05) is 23.8 Å². The molecule has 0 bridgehead atoms. The fourth-order valence-electron chi connectivity index (χ4n) is 2.30. The molecule has 3 rings (SSSR count). The zero-order chi connectivity index (χ0) is 16.8. The van der Waals surface area contributed by atoms with Crippen LogP contribution in [0.3, 0.4) is 0 Å². The molecule has 0 unspecified atom stereocenters. The predicted molar refractivity (Wildman–Crippen MR) is 96.3 cm³/mol. The van der Waals surface area contributed by atoms with E-state index in [9.17, 15) is 4.79 Å². The standard InChI is InChI=1S/C19H18N2O2S/c1-2-23-16-12-17(15-6-4-3-5-7-15)24-18(16)19(22)21-13-14-8-10-20-11-9-14/h3-12H,2,13H2,1H3,(H,21,22). The average Bonchev–Trinajstić information content (AvgIpc) is 3.06. The third kappa shape index (κ3) is 3.81. The summed E-state index contributed by atoms with van der Waals surface area (Å²) >= 11 is 1.45. The summed E-state index contributed by atoms with van der Waals surface area (Å²) in [6.45, 7) is 2.90. The first-order valence-corrected chi connectivity index (χ1v) is 8.58. The number of carbonyl (C=O) groups is 1. The highest BCUT2D eigenvalue weighted by Gasteiger charge is 2.18. The molecule has 1 amide bonds. The Labute approximate surface area is 145 Å². The zero-order valence-corrected chi connectivity index (χ0v) is 14.2. The summed E-state index contributed by atoms with van der Waals surface area (Å²) in [7, 11) is 0. The molecule has 0 saturated heterocycles. The summed E-state index contributed by atoms with van der Waals surface area (Å²) in [5.74, 6) is 0.510. The number of carbonyl (C=O) groups excluding carboxylic acids is 1. The van der Waals surface area contributed by atoms with E-state index < -0.39 is 0 Å². The van der Waals surface area contributed by atoms with Crippen molar-refractivity contribution in [3.63, 3.8) is 0 Å². The Morgan fingerprint density at radius 3 is 2.62 bits per heavy atom. The van der Waals surface area contributed by atoms with Crippen LogP contribution in [0.15, 0.2) is 60.9 Å². The van der Waals surface area contributed by atoms with E-state index in [1.807, 2.05) is 55.5 Å². The number of benzene rings is 1. The van der Waals surface area contributed by atoms with Gasteiger partial charge in [-0.1, -0.05) is 30.3 Å². The first-order chi connectivity index (χ1) is 11.8. The Kier molecular flexibility index (Phi) is 5.23. The molecular weight excluding hydrogens is 320 g/mol. The number of nitrogens with zero attached hydrogens (tertiary/aromatic N) is 1. The molecular formula is C19H18N2O2S. The molecule has 2 heterocycles. The fraction of sp³-hybridized carbons (Fsp3) is 0.158. The van der Waals surface area contributed by atoms with Gasteiger partial charge in [-0.3, -0.25) is 9.78 Å². The molecule has 0 fully saturated rings. The van der Waals surface area contributed by atoms with E-state index in [1.165, 1.54) is 11.3 Å². The highest BCUT2D eigenvalue weighted by Crippen LogP contribution is 2.36. The van der Waals surface area contributed by atoms with Crippen molar-refractivity contribution < 1.29 is 9.53 Å². The molecule has 0 radical (unpaired) electrons. The maximum atomic E-state index is 12.6. The van der Waals surface area contributed by atoms with E-state index in [0.29, 0.717) is 23.8 Å². The van der Waals surface area contributed by atoms with Crippen molar-refractivity contribution in [3.05, 3.63) is 71.4 Å². The van der Waals surface area contributed by atoms with Crippen LogP contribution in [0.2, 0.25) is 0 Å². The van der Waals surface area contributed by atoms with Crippen LogP contribution in [-0.2, 0) is 6.54 Å². The van der Waals surface area contributed by atoms with Gasteiger partial charge in [-0.05, 0) is 36.2 Å². The quantitative estimate of drug-likeness (QED) is 0.735. The van der Waals surface area contributed by atoms with Crippen molar-refractivity contribution >= 4 is 17.2 Å². The minimum atomic E-state index is -0.123. The van der Waals surface area contributed by atoms with Crippen molar-refractivity contribution in [1.29, 1.82) is 0 Å². The number of amides is 1. The van der Waals surface area contributed by atoms with Gasteiger partial charge in [-0.15, -0.1) is 11.3 Å². The van der Waals surface area contributed by atoms with E-state index >= 15 is 0 Å². The minimum Gasteiger partial charge on any atom is -0.492 e. The van der Waals surface area contributed by atoms with Crippen LogP contribution in [0, 0.1) is 0 Å². The lowest BCUT2D eigenvalue weighted by atomic mass is 10.2. The van der Waals surface area contributed by atoms with Crippen molar-refractivity contribution in [2.75, 3.05) is 6.61 Å². The lowest BCUT2D eigenvalue weighted by Gasteiger charge is -2.06. The molecule has 5 heteroatoms. The Morgan fingerprint density at radius 1 is 1.17 bits per heavy atom. The van der Waals surface area contributed by atoms with Crippen LogP contribution >= 0.6 is 11.3 Å². The third-order valence-corrected chi connectivity index (χ3v) is 4.63. The zero-order valence-electron chi connectivity index (χ0n) is 13.4. The largest absolute Gasteiger partial charge is 0.492 e. The number of ether oxygens (including phenoxy) is 1. The molecule has 24 heavy (non-hydrogen) atoms. The predicted octanol–water partition coefficient (Wildman–Crippen LogP) is 4.14. The van der Waals surface area contributed by atoms with Gasteiger partial charge in [0.1, 0.15) is 10.6 Å². The van der Waals surface area contributed by atoms with Crippen molar-refractivity contribution in [2.24, 2.45) is 0 Å². The van der Waals surface area contributed by atoms with Crippen LogP contribution in [0.5, 0.6) is 5.75 Å². The van der Waals surface area contributed by atoms with Gasteiger partial charge < -0.3 is 10.1 Å². The smallest absolute Gasteiger partial charge is 0.265 e. The number of hydrogen-bond acceptors (Lipinski definition) is 4. The number of aromatic nitrogens is 1. The van der Waals surface area contributed by atoms with Gasteiger partial charge in [0.05, 0.1) is 6.61 Å². The molecule has 122 valence electrons. The van der Waals surface area contributed by atoms with Gasteiger partial charge in [0.2, 0.25) is 0 Å². The summed E-state index contributed by atoms with van der Waals surface area (Å²) in [5.41, 5.74) is 2.09. The van der Waals surface area contributed by atoms with Gasteiger partial charge in [0.25, 0.3) is 5.91 Å². The van der Waals surface area contributed by atoms with Gasteiger partial charge in [-0.2, -0.15) is 0 Å². The van der Waals surface area contributed by atoms with Crippen LogP contribution < -0.4 is 10.1 Å². The fourth-order valence-corrected chi connectivity index (χ4v) is 3.33. The Hall–Kier alpha value is -2.66. The molecule has 0 atom stereocenters. The second-order valence-electron chi connectivity index (χ2n) is 5.14. The third-order valence-electron chi connectivity index (χ3n) is 3.46. The Morgan fingerprint density at radius 2 is 1.92 bits per heavy atom. The first kappa shape index (κ1) is 16.2. The maximum absolute atomic E-state index is 12.6. The highest BCUT2D eigenvalue weighted by molar-refractivity contribution is 7.17. The Balaban J connectivity index is 1.80. The molecule has 0 aliphatic rings. The second-order valence-corrected chi connectivity index (χ2v) is 6.19. The number of thiophene rings is 1. The van der Waals surface area contributed by atoms with Crippen LogP contribution in [-0.4, -0.2) is 17.5 Å². The van der Waals surface area contributed by atoms with E-state index in [-0.39, 0.29) is 5.91 Å². The van der Waals surface area contributed by atoms with E-state index in [4.69, 9.17) is 4.74 Å². The molecule has 1 N–H and O–H groups in total. The number of nitrogens with one attached hydrogen (secondary N) is 1. The molecule has 0 aliphatic carbocycles. The molecule has 4 nitrogen and oxygen atoms in total. The van der Waals surface area contributed by atoms with Crippen LogP contribution in [0.25, 0.3) is 10.4 Å². The van der Waals surface area contributed by atoms with Gasteiger partial charge >= 0.3 is 0 Å². The molecule has 0 spiro atoms. The lowest BCUT2D eigenvalue weighted by molar-refractivity contribution is 0.0951. The number of rotatable bonds is 6. The molecule has 2 aromatic heterocycles. The number of hydrogen-bond donors (Lipinski definition) is 1. The summed E-state index contributed by atoms with van der Waals surface area (Å²) in [5, 5.41) is 2.94. The van der Waals surface area contributed by atoms with Crippen molar-refractivity contribution in [2.45, 2.75) is 13.5 Å². The lowest BCUT2D eigenvalue weighted by Crippen LogP contribution is -2.22. The van der Waals surface area contributed by atoms with Crippen LogP contribution in [0.4, 0.5) is 0 Å². The van der Waals surface area contributed by atoms with Crippen LogP contribution in [0.1, 0.15) is 22.2 Å². The van der Waals surface area contributed by atoms with Gasteiger partial charge in [0.15, 0.2) is 0 Å². The highest BCUT2D eigenvalue weighted by atomic mass is 32.1. The van der Waals surface area contributed by atoms with E-state index in [0.717, 1.165) is 16.0 Å². The summed E-state index contributed by atoms with van der Waals surface area (Å²) < 4.78 is 5.65. The monoisotopic (exact) mass is 338 g/mol. The van der Waals surface area contributed by atoms with Gasteiger partial charge in [-0.25, -0.2) is 0 Å². The SMILES string of the molecule is CCOc1cc(-c2ccccc2)sc1C(=O)NCc1ccncc1. The van der Waals surface area contributed by atoms with Crippen molar-refractivity contribution in [3.8, 4) is 16.2 Å². The molecule has 3 aromatic rings. The normalized spacial score (nSPS) is 10.4. The second kappa shape index (κ2) is 7.75. The minimum absolute atomic E-state index is 0.123. The average molecular weight is 338 g/mol. The van der Waals surface area contributed by atoms with Crippen molar-refractivity contribution in [1.82, 2.24) is 10.3 Å². The summed E-state index contributed by atoms with van der Waals surface area (Å²) in [6, 6.07) is 15.7. The molecule has 0 aliphatic heterocycles. The maximum Gasteiger partial charge on any atom is 0.265 e.